The summed E-state index contributed by atoms with van der Waals surface area (Å²) in [4.78, 5) is 28.0. The second-order valence-corrected chi connectivity index (χ2v) is 9.50. The van der Waals surface area contributed by atoms with Gasteiger partial charge in [-0.1, -0.05) is 42.5 Å². The Kier molecular flexibility index (Phi) is 8.95. The minimum absolute atomic E-state index is 0.124. The number of nitrogens with one attached hydrogen (secondary N) is 1. The Hall–Kier alpha value is -3.30. The Bertz CT molecular complexity index is 953. The summed E-state index contributed by atoms with van der Waals surface area (Å²) in [6.45, 7) is 7.97. The molecule has 1 heterocycles. The van der Waals surface area contributed by atoms with Gasteiger partial charge in [-0.3, -0.25) is 0 Å². The van der Waals surface area contributed by atoms with Gasteiger partial charge in [0, 0.05) is 38.4 Å². The van der Waals surface area contributed by atoms with Crippen LogP contribution in [0, 0.1) is 0 Å². The van der Waals surface area contributed by atoms with Crippen LogP contribution in [0.2, 0.25) is 0 Å². The summed E-state index contributed by atoms with van der Waals surface area (Å²) < 4.78 is 10.5. The zero-order valence-electron chi connectivity index (χ0n) is 20.5. The molecular formula is C26H35N3O6. The first-order valence-electron chi connectivity index (χ1n) is 11.8. The third kappa shape index (κ3) is 8.15. The highest BCUT2D eigenvalue weighted by Crippen LogP contribution is 2.23. The van der Waals surface area contributed by atoms with Crippen molar-refractivity contribution in [3.8, 4) is 0 Å². The van der Waals surface area contributed by atoms with Gasteiger partial charge in [-0.25, -0.2) is 9.59 Å². The number of anilines is 1. The number of piperazine rings is 1. The topological polar surface area (TPSA) is 112 Å². The first-order chi connectivity index (χ1) is 16.6. The smallest absolute Gasteiger partial charge is 0.410 e. The van der Waals surface area contributed by atoms with Gasteiger partial charge in [-0.05, 0) is 44.0 Å². The summed E-state index contributed by atoms with van der Waals surface area (Å²) >= 11 is 0. The van der Waals surface area contributed by atoms with Crippen LogP contribution < -0.4 is 10.2 Å². The van der Waals surface area contributed by atoms with Crippen LogP contribution in [-0.4, -0.2) is 71.7 Å². The highest BCUT2D eigenvalue weighted by Gasteiger charge is 2.26. The molecule has 2 atom stereocenters. The van der Waals surface area contributed by atoms with E-state index >= 15 is 0 Å². The predicted octanol–water partition coefficient (Wildman–Crippen LogP) is 3.06. The number of hydrogen-bond donors (Lipinski definition) is 3. The van der Waals surface area contributed by atoms with Crippen molar-refractivity contribution in [3.63, 3.8) is 0 Å². The van der Waals surface area contributed by atoms with Crippen LogP contribution >= 0.6 is 0 Å². The van der Waals surface area contributed by atoms with Crippen LogP contribution in [0.15, 0.2) is 54.6 Å². The number of hydrogen-bond acceptors (Lipinski definition) is 7. The van der Waals surface area contributed by atoms with E-state index in [0.29, 0.717) is 31.7 Å². The largest absolute Gasteiger partial charge is 0.445 e. The minimum atomic E-state index is -1.19. The molecule has 9 nitrogen and oxygen atoms in total. The molecule has 190 valence electrons. The summed E-state index contributed by atoms with van der Waals surface area (Å²) in [5.41, 5.74) is 1.83. The van der Waals surface area contributed by atoms with E-state index in [0.717, 1.165) is 11.3 Å². The fourth-order valence-electron chi connectivity index (χ4n) is 3.65. The summed E-state index contributed by atoms with van der Waals surface area (Å²) in [5, 5.41) is 23.3. The Balaban J connectivity index is 1.43. The molecule has 1 aliphatic heterocycles. The van der Waals surface area contributed by atoms with Gasteiger partial charge in [-0.15, -0.1) is 0 Å². The minimum Gasteiger partial charge on any atom is -0.445 e. The molecule has 0 radical (unpaired) electrons. The van der Waals surface area contributed by atoms with Crippen LogP contribution in [0.3, 0.4) is 0 Å². The first kappa shape index (κ1) is 26.3. The number of carbonyl (C=O) groups excluding carboxylic acids is 2. The summed E-state index contributed by atoms with van der Waals surface area (Å²) in [6.07, 6.45) is -3.33. The normalized spacial score (nSPS) is 15.8. The maximum absolute atomic E-state index is 12.2. The lowest BCUT2D eigenvalue weighted by molar-refractivity contribution is 0.0184. The van der Waals surface area contributed by atoms with Crippen LogP contribution in [-0.2, 0) is 16.1 Å². The molecule has 35 heavy (non-hydrogen) atoms. The Morgan fingerprint density at radius 3 is 2.20 bits per heavy atom. The molecule has 1 fully saturated rings. The van der Waals surface area contributed by atoms with Crippen LogP contribution in [0.25, 0.3) is 0 Å². The highest BCUT2D eigenvalue weighted by molar-refractivity contribution is 5.68. The van der Waals surface area contributed by atoms with Crippen molar-refractivity contribution in [1.82, 2.24) is 10.2 Å². The maximum Gasteiger partial charge on any atom is 0.410 e. The van der Waals surface area contributed by atoms with E-state index in [1.54, 1.807) is 17.0 Å². The number of alkyl carbamates (subject to hydrolysis) is 1. The molecule has 3 rings (SSSR count). The molecule has 1 aliphatic rings. The number of nitrogens with zero attached hydrogens (tertiary/aromatic N) is 2. The van der Waals surface area contributed by atoms with Crippen molar-refractivity contribution in [2.24, 2.45) is 0 Å². The lowest BCUT2D eigenvalue weighted by Crippen LogP contribution is -2.50. The van der Waals surface area contributed by atoms with E-state index in [9.17, 15) is 19.8 Å². The van der Waals surface area contributed by atoms with Crippen LogP contribution in [0.5, 0.6) is 0 Å². The number of aliphatic hydroxyl groups is 2. The molecule has 2 unspecified atom stereocenters. The average molecular weight is 486 g/mol. The van der Waals surface area contributed by atoms with Gasteiger partial charge in [0.2, 0.25) is 0 Å². The third-order valence-electron chi connectivity index (χ3n) is 5.56. The molecule has 3 N–H and O–H groups in total. The van der Waals surface area contributed by atoms with Crippen molar-refractivity contribution in [1.29, 1.82) is 0 Å². The maximum atomic E-state index is 12.2. The van der Waals surface area contributed by atoms with Gasteiger partial charge < -0.3 is 34.8 Å². The van der Waals surface area contributed by atoms with Crippen molar-refractivity contribution < 1.29 is 29.3 Å². The second-order valence-electron chi connectivity index (χ2n) is 9.50. The molecule has 0 spiro atoms. The monoisotopic (exact) mass is 485 g/mol. The molecular weight excluding hydrogens is 450 g/mol. The van der Waals surface area contributed by atoms with Crippen LogP contribution in [0.1, 0.15) is 38.0 Å². The van der Waals surface area contributed by atoms with Gasteiger partial charge in [0.1, 0.15) is 24.4 Å². The third-order valence-corrected chi connectivity index (χ3v) is 5.56. The standard InChI is InChI=1S/C26H35N3O6/c1-26(2,3)35-25(33)29-15-13-28(14-16-29)21-11-9-20(10-12-21)23(31)22(30)17-27-24(32)34-18-19-7-5-4-6-8-19/h4-12,22-23,30-31H,13-18H2,1-3H3,(H,27,32). The molecule has 9 heteroatoms. The summed E-state index contributed by atoms with van der Waals surface area (Å²) in [6, 6.07) is 16.5. The van der Waals surface area contributed by atoms with Crippen molar-refractivity contribution in [3.05, 3.63) is 65.7 Å². The fourth-order valence-corrected chi connectivity index (χ4v) is 3.65. The number of ether oxygens (including phenoxy) is 2. The van der Waals surface area contributed by atoms with E-state index in [1.165, 1.54) is 0 Å². The number of benzene rings is 2. The predicted molar refractivity (Wildman–Crippen MR) is 132 cm³/mol. The second kappa shape index (κ2) is 11.9. The summed E-state index contributed by atoms with van der Waals surface area (Å²) in [7, 11) is 0. The van der Waals surface area contributed by atoms with E-state index in [1.807, 2.05) is 63.2 Å². The number of carbonyl (C=O) groups is 2. The SMILES string of the molecule is CC(C)(C)OC(=O)N1CCN(c2ccc(C(O)C(O)CNC(=O)OCc3ccccc3)cc2)CC1. The summed E-state index contributed by atoms with van der Waals surface area (Å²) in [5.74, 6) is 0. The molecule has 2 amide bonds. The first-order valence-corrected chi connectivity index (χ1v) is 11.8. The fraction of sp³-hybridized carbons (Fsp3) is 0.462. The lowest BCUT2D eigenvalue weighted by Gasteiger charge is -2.36. The van der Waals surface area contributed by atoms with Crippen molar-refractivity contribution in [2.45, 2.75) is 45.2 Å². The zero-order valence-corrected chi connectivity index (χ0v) is 20.5. The highest BCUT2D eigenvalue weighted by atomic mass is 16.6. The molecule has 1 saturated heterocycles. The average Bonchev–Trinajstić information content (AvgIpc) is 2.85. The van der Waals surface area contributed by atoms with E-state index in [-0.39, 0.29) is 19.2 Å². The Labute approximate surface area is 206 Å². The Morgan fingerprint density at radius 1 is 0.971 bits per heavy atom. The Morgan fingerprint density at radius 2 is 1.60 bits per heavy atom. The van der Waals surface area contributed by atoms with Crippen molar-refractivity contribution in [2.75, 3.05) is 37.6 Å². The molecule has 0 aliphatic carbocycles. The van der Waals surface area contributed by atoms with Gasteiger partial charge in [0.05, 0.1) is 0 Å². The zero-order chi connectivity index (χ0) is 25.4. The molecule has 0 aromatic heterocycles. The van der Waals surface area contributed by atoms with Crippen molar-refractivity contribution >= 4 is 17.9 Å². The molecule has 2 aromatic rings. The van der Waals surface area contributed by atoms with Crippen LogP contribution in [0.4, 0.5) is 15.3 Å². The molecule has 2 aromatic carbocycles. The van der Waals surface area contributed by atoms with Gasteiger partial charge >= 0.3 is 12.2 Å². The molecule has 0 saturated carbocycles. The number of rotatable bonds is 7. The number of amides is 2. The van der Waals surface area contributed by atoms with Gasteiger partial charge in [-0.2, -0.15) is 0 Å². The quantitative estimate of drug-likeness (QED) is 0.553. The van der Waals surface area contributed by atoms with E-state index in [2.05, 4.69) is 10.2 Å². The van der Waals surface area contributed by atoms with Gasteiger partial charge in [0.15, 0.2) is 0 Å². The van der Waals surface area contributed by atoms with Gasteiger partial charge in [0.25, 0.3) is 0 Å². The van der Waals surface area contributed by atoms with E-state index < -0.39 is 23.9 Å². The number of aliphatic hydroxyl groups excluding tert-OH is 2. The lowest BCUT2D eigenvalue weighted by atomic mass is 10.0. The van der Waals surface area contributed by atoms with E-state index in [4.69, 9.17) is 9.47 Å². The molecule has 0 bridgehead atoms.